The Balaban J connectivity index is 1.63. The topological polar surface area (TPSA) is 40.6 Å². The molecule has 2 aromatic rings. The van der Waals surface area contributed by atoms with Crippen molar-refractivity contribution in [3.63, 3.8) is 0 Å². The number of carbonyl (C=O) groups excluding carboxylic acids is 2. The zero-order valence-electron chi connectivity index (χ0n) is 16.0. The molecule has 0 radical (unpaired) electrons. The molecule has 0 aromatic heterocycles. The molecule has 1 fully saturated rings. The Bertz CT molecular complexity index is 815. The summed E-state index contributed by atoms with van der Waals surface area (Å²) in [6.07, 6.45) is 0.924. The van der Waals surface area contributed by atoms with Gasteiger partial charge >= 0.3 is 0 Å². The van der Waals surface area contributed by atoms with Crippen molar-refractivity contribution in [3.05, 3.63) is 69.7 Å². The number of carbonyl (C=O) groups is 2. The van der Waals surface area contributed by atoms with Crippen LogP contribution >= 0.6 is 15.9 Å². The maximum atomic E-state index is 12.9. The van der Waals surface area contributed by atoms with Gasteiger partial charge in [-0.15, -0.1) is 0 Å². The van der Waals surface area contributed by atoms with E-state index in [0.29, 0.717) is 24.6 Å². The summed E-state index contributed by atoms with van der Waals surface area (Å²) in [5.74, 6) is 0.625. The molecule has 0 spiro atoms. The highest BCUT2D eigenvalue weighted by Crippen LogP contribution is 2.48. The normalized spacial score (nSPS) is 18.1. The van der Waals surface area contributed by atoms with Gasteiger partial charge in [0.2, 0.25) is 5.91 Å². The van der Waals surface area contributed by atoms with Crippen LogP contribution in [0.1, 0.15) is 40.7 Å². The second-order valence-corrected chi connectivity index (χ2v) is 8.16. The Morgan fingerprint density at radius 2 is 1.67 bits per heavy atom. The van der Waals surface area contributed by atoms with Crippen molar-refractivity contribution >= 4 is 27.7 Å². The Kier molecular flexibility index (Phi) is 6.00. The molecule has 4 nitrogen and oxygen atoms in total. The highest BCUT2D eigenvalue weighted by molar-refractivity contribution is 9.10. The van der Waals surface area contributed by atoms with Gasteiger partial charge in [0.05, 0.1) is 0 Å². The second kappa shape index (κ2) is 8.26. The summed E-state index contributed by atoms with van der Waals surface area (Å²) < 4.78 is 1.06. The van der Waals surface area contributed by atoms with Gasteiger partial charge in [0.25, 0.3) is 5.91 Å². The number of hydrogen-bond acceptors (Lipinski definition) is 2. The first-order chi connectivity index (χ1) is 12.9. The van der Waals surface area contributed by atoms with E-state index in [4.69, 9.17) is 0 Å². The van der Waals surface area contributed by atoms with Gasteiger partial charge < -0.3 is 9.80 Å². The fraction of sp³-hybridized carbons (Fsp3) is 0.364. The van der Waals surface area contributed by atoms with Crippen LogP contribution in [0.2, 0.25) is 0 Å². The van der Waals surface area contributed by atoms with Gasteiger partial charge in [-0.25, -0.2) is 0 Å². The lowest BCUT2D eigenvalue weighted by molar-refractivity contribution is -0.133. The zero-order valence-corrected chi connectivity index (χ0v) is 17.6. The lowest BCUT2D eigenvalue weighted by Crippen LogP contribution is -2.32. The molecular formula is C22H25BrN2O2. The maximum absolute atomic E-state index is 12.9. The third kappa shape index (κ3) is 4.59. The third-order valence-corrected chi connectivity index (χ3v) is 5.61. The first-order valence-electron chi connectivity index (χ1n) is 9.25. The minimum absolute atomic E-state index is 0.0136. The molecular weight excluding hydrogens is 404 g/mol. The predicted molar refractivity (Wildman–Crippen MR) is 111 cm³/mol. The van der Waals surface area contributed by atoms with Crippen molar-refractivity contribution in [3.8, 4) is 0 Å². The van der Waals surface area contributed by atoms with Gasteiger partial charge in [0.15, 0.2) is 0 Å². The molecule has 1 saturated carbocycles. The van der Waals surface area contributed by atoms with Crippen molar-refractivity contribution in [2.75, 3.05) is 20.6 Å². The maximum Gasteiger partial charge on any atom is 0.253 e. The first-order valence-corrected chi connectivity index (χ1v) is 10.0. The van der Waals surface area contributed by atoms with Crippen LogP contribution in [0.25, 0.3) is 0 Å². The number of rotatable bonds is 6. The number of halogens is 1. The highest BCUT2D eigenvalue weighted by Gasteiger charge is 2.45. The van der Waals surface area contributed by atoms with Crippen LogP contribution in [-0.4, -0.2) is 42.3 Å². The molecule has 1 aliphatic carbocycles. The summed E-state index contributed by atoms with van der Waals surface area (Å²) in [5.41, 5.74) is 2.94. The molecule has 27 heavy (non-hydrogen) atoms. The van der Waals surface area contributed by atoms with E-state index in [2.05, 4.69) is 28.1 Å². The van der Waals surface area contributed by atoms with Crippen molar-refractivity contribution in [1.29, 1.82) is 0 Å². The quantitative estimate of drug-likeness (QED) is 0.687. The van der Waals surface area contributed by atoms with Gasteiger partial charge in [0, 0.05) is 43.1 Å². The number of benzene rings is 2. The van der Waals surface area contributed by atoms with Gasteiger partial charge in [-0.3, -0.25) is 9.59 Å². The largest absolute Gasteiger partial charge is 0.345 e. The standard InChI is InChI=1S/C22H25BrN2O2/c1-4-25(14-15-5-7-17(8-6-15)21(26)24(2)3)22(27)20-13-19(20)16-9-11-18(23)12-10-16/h5-12,19-20H,4,13-14H2,1-3H3. The number of hydrogen-bond donors (Lipinski definition) is 0. The van der Waals surface area contributed by atoms with Crippen LogP contribution in [0, 0.1) is 5.92 Å². The van der Waals surface area contributed by atoms with Gasteiger partial charge in [-0.05, 0) is 54.7 Å². The van der Waals surface area contributed by atoms with Gasteiger partial charge in [-0.1, -0.05) is 40.2 Å². The molecule has 0 aliphatic heterocycles. The van der Waals surface area contributed by atoms with Gasteiger partial charge in [0.1, 0.15) is 0 Å². The molecule has 2 atom stereocenters. The van der Waals surface area contributed by atoms with Crippen LogP contribution < -0.4 is 0 Å². The fourth-order valence-electron chi connectivity index (χ4n) is 3.36. The Hall–Kier alpha value is -2.14. The van der Waals surface area contributed by atoms with Crippen LogP contribution in [0.3, 0.4) is 0 Å². The van der Waals surface area contributed by atoms with E-state index in [0.717, 1.165) is 16.5 Å². The second-order valence-electron chi connectivity index (χ2n) is 7.25. The van der Waals surface area contributed by atoms with E-state index >= 15 is 0 Å². The fourth-order valence-corrected chi connectivity index (χ4v) is 3.62. The molecule has 0 saturated heterocycles. The highest BCUT2D eigenvalue weighted by atomic mass is 79.9. The summed E-state index contributed by atoms with van der Waals surface area (Å²) >= 11 is 3.45. The smallest absolute Gasteiger partial charge is 0.253 e. The monoisotopic (exact) mass is 428 g/mol. The molecule has 2 aromatic carbocycles. The Labute approximate surface area is 169 Å². The molecule has 2 unspecified atom stereocenters. The average Bonchev–Trinajstić information content (AvgIpc) is 3.46. The average molecular weight is 429 g/mol. The summed E-state index contributed by atoms with van der Waals surface area (Å²) in [6.45, 7) is 3.27. The summed E-state index contributed by atoms with van der Waals surface area (Å²) in [6, 6.07) is 15.8. The molecule has 2 amide bonds. The van der Waals surface area contributed by atoms with Gasteiger partial charge in [-0.2, -0.15) is 0 Å². The first kappa shape index (κ1) is 19.6. The Morgan fingerprint density at radius 1 is 1.04 bits per heavy atom. The summed E-state index contributed by atoms with van der Waals surface area (Å²) in [7, 11) is 3.48. The lowest BCUT2D eigenvalue weighted by atomic mass is 10.1. The summed E-state index contributed by atoms with van der Waals surface area (Å²) in [4.78, 5) is 28.4. The third-order valence-electron chi connectivity index (χ3n) is 5.08. The van der Waals surface area contributed by atoms with Crippen molar-refractivity contribution < 1.29 is 9.59 Å². The van der Waals surface area contributed by atoms with E-state index in [1.807, 2.05) is 48.2 Å². The predicted octanol–water partition coefficient (Wildman–Crippen LogP) is 4.30. The van der Waals surface area contributed by atoms with E-state index in [9.17, 15) is 9.59 Å². The molecule has 5 heteroatoms. The van der Waals surface area contributed by atoms with Crippen molar-refractivity contribution in [2.45, 2.75) is 25.8 Å². The molecule has 142 valence electrons. The van der Waals surface area contributed by atoms with E-state index in [1.165, 1.54) is 5.56 Å². The molecule has 0 N–H and O–H groups in total. The van der Waals surface area contributed by atoms with Crippen LogP contribution in [0.15, 0.2) is 53.0 Å². The van der Waals surface area contributed by atoms with Crippen molar-refractivity contribution in [2.24, 2.45) is 5.92 Å². The van der Waals surface area contributed by atoms with Crippen molar-refractivity contribution in [1.82, 2.24) is 9.80 Å². The SMILES string of the molecule is CCN(Cc1ccc(C(=O)N(C)C)cc1)C(=O)C1CC1c1ccc(Br)cc1. The number of nitrogens with zero attached hydrogens (tertiary/aromatic N) is 2. The van der Waals surface area contributed by atoms with Crippen LogP contribution in [0.5, 0.6) is 0 Å². The van der Waals surface area contributed by atoms with Crippen LogP contribution in [-0.2, 0) is 11.3 Å². The van der Waals surface area contributed by atoms with Crippen LogP contribution in [0.4, 0.5) is 0 Å². The molecule has 1 aliphatic rings. The van der Waals surface area contributed by atoms with E-state index in [-0.39, 0.29) is 17.7 Å². The minimum atomic E-state index is -0.0136. The molecule has 3 rings (SSSR count). The lowest BCUT2D eigenvalue weighted by Gasteiger charge is -2.21. The molecule has 0 bridgehead atoms. The Morgan fingerprint density at radius 3 is 2.22 bits per heavy atom. The van der Waals surface area contributed by atoms with E-state index in [1.54, 1.807) is 19.0 Å². The summed E-state index contributed by atoms with van der Waals surface area (Å²) in [5, 5.41) is 0. The number of amides is 2. The van der Waals surface area contributed by atoms with E-state index < -0.39 is 0 Å². The zero-order chi connectivity index (χ0) is 19.6. The molecule has 0 heterocycles. The minimum Gasteiger partial charge on any atom is -0.345 e.